The van der Waals surface area contributed by atoms with Gasteiger partial charge in [0.15, 0.2) is 0 Å². The summed E-state index contributed by atoms with van der Waals surface area (Å²) in [6.07, 6.45) is 0.725. The summed E-state index contributed by atoms with van der Waals surface area (Å²) < 4.78 is 6.25. The Balaban J connectivity index is 2.47. The lowest BCUT2D eigenvalue weighted by Crippen LogP contribution is -2.34. The number of para-hydroxylation sites is 1. The molecule has 2 rings (SSSR count). The lowest BCUT2D eigenvalue weighted by atomic mass is 10.1. The number of aromatic hydroxyl groups is 1. The third-order valence-electron chi connectivity index (χ3n) is 3.63. The molecule has 0 unspecified atom stereocenters. The number of pyridine rings is 1. The fraction of sp³-hybridized carbons (Fsp3) is 0.353. The number of ether oxygens (including phenoxy) is 1. The van der Waals surface area contributed by atoms with E-state index in [2.05, 4.69) is 5.32 Å². The van der Waals surface area contributed by atoms with E-state index < -0.39 is 11.5 Å². The number of hydrogen-bond acceptors (Lipinski definition) is 5. The fourth-order valence-electron chi connectivity index (χ4n) is 2.48. The Hall–Kier alpha value is -2.85. The number of carbonyl (C=O) groups excluding carboxylic acids is 1. The second kappa shape index (κ2) is 8.13. The molecule has 0 saturated carbocycles. The molecule has 7 heteroatoms. The van der Waals surface area contributed by atoms with Gasteiger partial charge in [0.25, 0.3) is 11.5 Å². The minimum atomic E-state index is -0.634. The summed E-state index contributed by atoms with van der Waals surface area (Å²) in [6, 6.07) is 8.73. The van der Waals surface area contributed by atoms with Crippen molar-refractivity contribution in [1.29, 1.82) is 5.26 Å². The number of fused-ring (bicyclic) bond motifs is 1. The number of benzene rings is 1. The molecule has 126 valence electrons. The van der Waals surface area contributed by atoms with Crippen LogP contribution >= 0.6 is 0 Å². The van der Waals surface area contributed by atoms with E-state index in [4.69, 9.17) is 10.00 Å². The van der Waals surface area contributed by atoms with Gasteiger partial charge in [-0.3, -0.25) is 9.59 Å². The molecular weight excluding hydrogens is 310 g/mol. The summed E-state index contributed by atoms with van der Waals surface area (Å²) in [5.74, 6) is -0.974. The second-order valence-electron chi connectivity index (χ2n) is 5.21. The zero-order chi connectivity index (χ0) is 17.5. The molecule has 7 nitrogen and oxygen atoms in total. The molecule has 1 amide bonds. The number of hydrogen-bond donors (Lipinski definition) is 2. The van der Waals surface area contributed by atoms with Crippen LogP contribution in [0.2, 0.25) is 0 Å². The number of carbonyl (C=O) groups is 1. The second-order valence-corrected chi connectivity index (χ2v) is 5.21. The molecule has 1 aromatic heterocycles. The van der Waals surface area contributed by atoms with Crippen molar-refractivity contribution in [3.05, 3.63) is 40.2 Å². The van der Waals surface area contributed by atoms with Gasteiger partial charge in [0, 0.05) is 32.2 Å². The van der Waals surface area contributed by atoms with Crippen molar-refractivity contribution >= 4 is 16.8 Å². The van der Waals surface area contributed by atoms with Crippen LogP contribution < -0.4 is 10.9 Å². The Morgan fingerprint density at radius 2 is 2.17 bits per heavy atom. The van der Waals surface area contributed by atoms with E-state index in [1.165, 1.54) is 4.57 Å². The first-order valence-electron chi connectivity index (χ1n) is 7.60. The highest BCUT2D eigenvalue weighted by atomic mass is 16.5. The number of amides is 1. The van der Waals surface area contributed by atoms with Crippen molar-refractivity contribution in [1.82, 2.24) is 9.88 Å². The van der Waals surface area contributed by atoms with Crippen molar-refractivity contribution in [2.24, 2.45) is 0 Å². The highest BCUT2D eigenvalue weighted by Crippen LogP contribution is 2.26. The molecule has 0 saturated heterocycles. The summed E-state index contributed by atoms with van der Waals surface area (Å²) in [5, 5.41) is 22.2. The molecule has 1 aromatic carbocycles. The molecule has 0 bridgehead atoms. The Morgan fingerprint density at radius 1 is 1.42 bits per heavy atom. The normalized spacial score (nSPS) is 10.5. The summed E-state index contributed by atoms with van der Waals surface area (Å²) in [7, 11) is 1.56. The predicted molar refractivity (Wildman–Crippen MR) is 88.9 cm³/mol. The molecule has 0 aliphatic rings. The van der Waals surface area contributed by atoms with Gasteiger partial charge in [-0.2, -0.15) is 5.26 Å². The van der Waals surface area contributed by atoms with Gasteiger partial charge < -0.3 is 19.7 Å². The summed E-state index contributed by atoms with van der Waals surface area (Å²) in [6.45, 7) is 0.965. The monoisotopic (exact) mass is 329 g/mol. The minimum absolute atomic E-state index is 0.129. The molecule has 0 spiro atoms. The number of aromatic nitrogens is 1. The molecule has 2 N–H and O–H groups in total. The number of aryl methyl sites for hydroxylation is 1. The van der Waals surface area contributed by atoms with E-state index in [9.17, 15) is 14.7 Å². The molecule has 0 aliphatic carbocycles. The van der Waals surface area contributed by atoms with E-state index in [0.29, 0.717) is 30.5 Å². The van der Waals surface area contributed by atoms with E-state index in [-0.39, 0.29) is 24.3 Å². The van der Waals surface area contributed by atoms with Crippen LogP contribution in [0.1, 0.15) is 23.2 Å². The summed E-state index contributed by atoms with van der Waals surface area (Å²) >= 11 is 0. The Morgan fingerprint density at radius 3 is 2.88 bits per heavy atom. The lowest BCUT2D eigenvalue weighted by Gasteiger charge is -2.14. The molecule has 0 radical (unpaired) electrons. The first kappa shape index (κ1) is 17.5. The minimum Gasteiger partial charge on any atom is -0.506 e. The van der Waals surface area contributed by atoms with Gasteiger partial charge >= 0.3 is 0 Å². The van der Waals surface area contributed by atoms with Crippen LogP contribution in [0, 0.1) is 11.3 Å². The van der Waals surface area contributed by atoms with Crippen LogP contribution in [0.25, 0.3) is 10.9 Å². The van der Waals surface area contributed by atoms with Gasteiger partial charge in [-0.15, -0.1) is 0 Å². The van der Waals surface area contributed by atoms with Gasteiger partial charge in [0.2, 0.25) is 0 Å². The van der Waals surface area contributed by atoms with Crippen molar-refractivity contribution in [3.63, 3.8) is 0 Å². The van der Waals surface area contributed by atoms with Gasteiger partial charge in [0.1, 0.15) is 11.3 Å². The quantitative estimate of drug-likeness (QED) is 0.747. The van der Waals surface area contributed by atoms with Crippen LogP contribution in [-0.2, 0) is 11.3 Å². The molecule has 0 fully saturated rings. The topological polar surface area (TPSA) is 104 Å². The molecular formula is C17H19N3O4. The van der Waals surface area contributed by atoms with Crippen LogP contribution in [-0.4, -0.2) is 35.8 Å². The summed E-state index contributed by atoms with van der Waals surface area (Å²) in [4.78, 5) is 25.0. The average molecular weight is 329 g/mol. The Kier molecular flexibility index (Phi) is 5.93. The van der Waals surface area contributed by atoms with Crippen molar-refractivity contribution in [2.45, 2.75) is 19.4 Å². The van der Waals surface area contributed by atoms with Crippen LogP contribution in [0.4, 0.5) is 0 Å². The van der Waals surface area contributed by atoms with Crippen LogP contribution in [0.5, 0.6) is 5.75 Å². The molecule has 0 atom stereocenters. The van der Waals surface area contributed by atoms with Crippen molar-refractivity contribution in [2.75, 3.05) is 20.3 Å². The smallest absolute Gasteiger partial charge is 0.267 e. The number of nitriles is 1. The van der Waals surface area contributed by atoms with Crippen LogP contribution in [0.3, 0.4) is 0 Å². The van der Waals surface area contributed by atoms with Gasteiger partial charge in [-0.05, 0) is 18.6 Å². The maximum absolute atomic E-state index is 12.6. The SMILES string of the molecule is COCCCNC(=O)c1c(O)c2ccccc2n(CCC#N)c1=O. The lowest BCUT2D eigenvalue weighted by molar-refractivity contribution is 0.0944. The van der Waals surface area contributed by atoms with Gasteiger partial charge in [-0.25, -0.2) is 0 Å². The highest BCUT2D eigenvalue weighted by Gasteiger charge is 2.21. The number of rotatable bonds is 7. The highest BCUT2D eigenvalue weighted by molar-refractivity contribution is 6.02. The zero-order valence-electron chi connectivity index (χ0n) is 13.4. The van der Waals surface area contributed by atoms with Crippen molar-refractivity contribution < 1.29 is 14.6 Å². The Bertz CT molecular complexity index is 836. The average Bonchev–Trinajstić information content (AvgIpc) is 2.59. The first-order chi connectivity index (χ1) is 11.6. The largest absolute Gasteiger partial charge is 0.506 e. The number of nitrogens with one attached hydrogen (secondary N) is 1. The van der Waals surface area contributed by atoms with Gasteiger partial charge in [0.05, 0.1) is 18.0 Å². The number of methoxy groups -OCH3 is 1. The maximum Gasteiger partial charge on any atom is 0.267 e. The van der Waals surface area contributed by atoms with Gasteiger partial charge in [-0.1, -0.05) is 12.1 Å². The van der Waals surface area contributed by atoms with Crippen molar-refractivity contribution in [3.8, 4) is 11.8 Å². The maximum atomic E-state index is 12.6. The van der Waals surface area contributed by atoms with E-state index in [1.54, 1.807) is 31.4 Å². The molecule has 1 heterocycles. The third-order valence-corrected chi connectivity index (χ3v) is 3.63. The summed E-state index contributed by atoms with van der Waals surface area (Å²) in [5.41, 5.74) is -0.416. The Labute approximate surface area is 139 Å². The van der Waals surface area contributed by atoms with E-state index >= 15 is 0 Å². The molecule has 24 heavy (non-hydrogen) atoms. The first-order valence-corrected chi connectivity index (χ1v) is 7.60. The predicted octanol–water partition coefficient (Wildman–Crippen LogP) is 1.39. The number of nitrogens with zero attached hydrogens (tertiary/aromatic N) is 2. The third kappa shape index (κ3) is 3.55. The molecule has 2 aromatic rings. The zero-order valence-corrected chi connectivity index (χ0v) is 13.4. The van der Waals surface area contributed by atoms with E-state index in [1.807, 2.05) is 6.07 Å². The fourth-order valence-corrected chi connectivity index (χ4v) is 2.48. The standard InChI is InChI=1S/C17H19N3O4/c1-24-11-5-9-19-16(22)14-15(21)12-6-2-3-7-13(12)20(17(14)23)10-4-8-18/h2-3,6-7,21H,4-5,9-11H2,1H3,(H,19,22). The molecule has 0 aliphatic heterocycles. The van der Waals surface area contributed by atoms with Crippen LogP contribution in [0.15, 0.2) is 29.1 Å². The van der Waals surface area contributed by atoms with E-state index in [0.717, 1.165) is 0 Å².